The number of aromatic amines is 1. The monoisotopic (exact) mass is 200 g/mol. The Labute approximate surface area is 79.4 Å². The van der Waals surface area contributed by atoms with Gasteiger partial charge in [-0.25, -0.2) is 8.78 Å². The number of hydrogen-bond donors (Lipinski definition) is 1. The number of rotatable bonds is 2. The van der Waals surface area contributed by atoms with Crippen LogP contribution in [0.2, 0.25) is 0 Å². The van der Waals surface area contributed by atoms with E-state index in [1.54, 1.807) is 17.2 Å². The van der Waals surface area contributed by atoms with Crippen LogP contribution in [0.15, 0.2) is 23.1 Å². The van der Waals surface area contributed by atoms with Crippen molar-refractivity contribution in [3.63, 3.8) is 0 Å². The molecular formula is C9H10F2N2O. The minimum Gasteiger partial charge on any atom is -0.329 e. The van der Waals surface area contributed by atoms with Crippen molar-refractivity contribution in [2.75, 3.05) is 13.1 Å². The fourth-order valence-electron chi connectivity index (χ4n) is 1.52. The smallest absolute Gasteiger partial charge is 0.272 e. The first kappa shape index (κ1) is 9.33. The summed E-state index contributed by atoms with van der Waals surface area (Å²) in [5.41, 5.74) is 0.669. The quantitative estimate of drug-likeness (QED) is 0.767. The summed E-state index contributed by atoms with van der Waals surface area (Å²) in [7, 11) is 0. The molecule has 0 unspecified atom stereocenters. The third-order valence-corrected chi connectivity index (χ3v) is 2.16. The molecule has 1 aromatic heterocycles. The van der Waals surface area contributed by atoms with Crippen molar-refractivity contribution in [2.24, 2.45) is 0 Å². The Kier molecular flexibility index (Phi) is 2.11. The summed E-state index contributed by atoms with van der Waals surface area (Å²) in [4.78, 5) is 14.8. The summed E-state index contributed by atoms with van der Waals surface area (Å²) in [6.07, 6.45) is 1.55. The maximum absolute atomic E-state index is 12.5. The second kappa shape index (κ2) is 3.16. The number of likely N-dealkylation sites (tertiary alicyclic amines) is 1. The van der Waals surface area contributed by atoms with Crippen LogP contribution in [0.3, 0.4) is 0 Å². The Hall–Kier alpha value is -1.23. The van der Waals surface area contributed by atoms with Crippen LogP contribution >= 0.6 is 0 Å². The molecule has 0 aromatic carbocycles. The molecule has 1 saturated heterocycles. The molecule has 0 amide bonds. The number of hydrogen-bond acceptors (Lipinski definition) is 2. The van der Waals surface area contributed by atoms with Gasteiger partial charge in [-0.05, 0) is 5.56 Å². The molecule has 1 aliphatic rings. The lowest BCUT2D eigenvalue weighted by Crippen LogP contribution is -2.55. The molecule has 2 heterocycles. The third-order valence-electron chi connectivity index (χ3n) is 2.16. The van der Waals surface area contributed by atoms with Gasteiger partial charge in [-0.15, -0.1) is 0 Å². The van der Waals surface area contributed by atoms with Crippen LogP contribution in [0.4, 0.5) is 8.78 Å². The summed E-state index contributed by atoms with van der Waals surface area (Å²) >= 11 is 0. The van der Waals surface area contributed by atoms with Crippen LogP contribution in [0, 0.1) is 0 Å². The SMILES string of the molecule is O=c1ccc(CN2CC(F)(F)C2)c[nH]1. The minimum absolute atomic E-state index is 0.178. The van der Waals surface area contributed by atoms with E-state index in [2.05, 4.69) is 4.98 Å². The van der Waals surface area contributed by atoms with Crippen LogP contribution in [0.25, 0.3) is 0 Å². The number of H-pyrrole nitrogens is 1. The molecule has 2 rings (SSSR count). The highest BCUT2D eigenvalue weighted by atomic mass is 19.3. The van der Waals surface area contributed by atoms with Crippen molar-refractivity contribution in [3.8, 4) is 0 Å². The number of alkyl halides is 2. The fraction of sp³-hybridized carbons (Fsp3) is 0.444. The highest BCUT2D eigenvalue weighted by Gasteiger charge is 2.43. The second-order valence-electron chi connectivity index (χ2n) is 3.56. The lowest BCUT2D eigenvalue weighted by atomic mass is 10.1. The molecule has 3 nitrogen and oxygen atoms in total. The maximum Gasteiger partial charge on any atom is 0.272 e. The molecule has 76 valence electrons. The second-order valence-corrected chi connectivity index (χ2v) is 3.56. The normalized spacial score (nSPS) is 20.4. The Balaban J connectivity index is 1.93. The van der Waals surface area contributed by atoms with Crippen LogP contribution in [0.1, 0.15) is 5.56 Å². The summed E-state index contributed by atoms with van der Waals surface area (Å²) in [5, 5.41) is 0. The highest BCUT2D eigenvalue weighted by Crippen LogP contribution is 2.27. The summed E-state index contributed by atoms with van der Waals surface area (Å²) in [6, 6.07) is 3.04. The van der Waals surface area contributed by atoms with Gasteiger partial charge >= 0.3 is 0 Å². The van der Waals surface area contributed by atoms with Crippen molar-refractivity contribution < 1.29 is 8.78 Å². The van der Waals surface area contributed by atoms with E-state index in [1.165, 1.54) is 6.07 Å². The van der Waals surface area contributed by atoms with Crippen LogP contribution in [-0.4, -0.2) is 28.9 Å². The molecule has 0 bridgehead atoms. The van der Waals surface area contributed by atoms with Gasteiger partial charge in [0.05, 0.1) is 13.1 Å². The van der Waals surface area contributed by atoms with E-state index in [0.717, 1.165) is 5.56 Å². The standard InChI is InChI=1S/C9H10F2N2O/c10-9(11)5-13(6-9)4-7-1-2-8(14)12-3-7/h1-3H,4-6H2,(H,12,14). The van der Waals surface area contributed by atoms with Crippen molar-refractivity contribution in [1.29, 1.82) is 0 Å². The molecule has 14 heavy (non-hydrogen) atoms. The first-order chi connectivity index (χ1) is 6.55. The van der Waals surface area contributed by atoms with Gasteiger partial charge in [-0.1, -0.05) is 6.07 Å². The molecule has 0 spiro atoms. The number of nitrogens with zero attached hydrogens (tertiary/aromatic N) is 1. The van der Waals surface area contributed by atoms with Gasteiger partial charge in [0.15, 0.2) is 0 Å². The fourth-order valence-corrected chi connectivity index (χ4v) is 1.52. The van der Waals surface area contributed by atoms with E-state index in [-0.39, 0.29) is 18.6 Å². The van der Waals surface area contributed by atoms with Crippen molar-refractivity contribution in [3.05, 3.63) is 34.2 Å². The average Bonchev–Trinajstić information content (AvgIpc) is 2.06. The molecular weight excluding hydrogens is 190 g/mol. The number of pyridine rings is 1. The summed E-state index contributed by atoms with van der Waals surface area (Å²) in [5.74, 6) is -2.53. The third kappa shape index (κ3) is 1.98. The minimum atomic E-state index is -2.53. The number of aromatic nitrogens is 1. The van der Waals surface area contributed by atoms with E-state index in [9.17, 15) is 13.6 Å². The van der Waals surface area contributed by atoms with Crippen molar-refractivity contribution >= 4 is 0 Å². The topological polar surface area (TPSA) is 36.1 Å². The van der Waals surface area contributed by atoms with Gasteiger partial charge in [0.25, 0.3) is 5.92 Å². The molecule has 0 radical (unpaired) electrons. The Bertz CT molecular complexity index is 360. The Morgan fingerprint density at radius 3 is 2.64 bits per heavy atom. The zero-order chi connectivity index (χ0) is 10.2. The Morgan fingerprint density at radius 2 is 2.14 bits per heavy atom. The molecule has 0 saturated carbocycles. The highest BCUT2D eigenvalue weighted by molar-refractivity contribution is 5.09. The van der Waals surface area contributed by atoms with Gasteiger partial charge in [0, 0.05) is 18.8 Å². The molecule has 5 heteroatoms. The summed E-state index contributed by atoms with van der Waals surface area (Å²) in [6.45, 7) is 0.0879. The van der Waals surface area contributed by atoms with Crippen LogP contribution in [-0.2, 0) is 6.54 Å². The first-order valence-electron chi connectivity index (χ1n) is 4.33. The van der Waals surface area contributed by atoms with Crippen LogP contribution < -0.4 is 5.56 Å². The molecule has 0 aliphatic carbocycles. The van der Waals surface area contributed by atoms with E-state index in [4.69, 9.17) is 0 Å². The van der Waals surface area contributed by atoms with E-state index < -0.39 is 5.92 Å². The zero-order valence-electron chi connectivity index (χ0n) is 7.46. The predicted molar refractivity (Wildman–Crippen MR) is 47.3 cm³/mol. The van der Waals surface area contributed by atoms with Crippen molar-refractivity contribution in [2.45, 2.75) is 12.5 Å². The van der Waals surface area contributed by atoms with Gasteiger partial charge in [0.1, 0.15) is 0 Å². The summed E-state index contributed by atoms with van der Waals surface area (Å²) < 4.78 is 24.9. The average molecular weight is 200 g/mol. The maximum atomic E-state index is 12.5. The van der Waals surface area contributed by atoms with E-state index in [1.807, 2.05) is 0 Å². The molecule has 1 fully saturated rings. The van der Waals surface area contributed by atoms with E-state index in [0.29, 0.717) is 6.54 Å². The lowest BCUT2D eigenvalue weighted by Gasteiger charge is -2.38. The largest absolute Gasteiger partial charge is 0.329 e. The van der Waals surface area contributed by atoms with E-state index >= 15 is 0 Å². The number of halogens is 2. The molecule has 1 N–H and O–H groups in total. The van der Waals surface area contributed by atoms with Gasteiger partial charge in [-0.2, -0.15) is 0 Å². The molecule has 0 atom stereocenters. The van der Waals surface area contributed by atoms with Gasteiger partial charge < -0.3 is 4.98 Å². The van der Waals surface area contributed by atoms with Crippen molar-refractivity contribution in [1.82, 2.24) is 9.88 Å². The molecule has 1 aliphatic heterocycles. The van der Waals surface area contributed by atoms with Crippen LogP contribution in [0.5, 0.6) is 0 Å². The lowest BCUT2D eigenvalue weighted by molar-refractivity contribution is -0.133. The molecule has 1 aromatic rings. The van der Waals surface area contributed by atoms with Gasteiger partial charge in [-0.3, -0.25) is 9.69 Å². The first-order valence-corrected chi connectivity index (χ1v) is 4.33. The Morgan fingerprint density at radius 1 is 1.43 bits per heavy atom. The zero-order valence-corrected chi connectivity index (χ0v) is 7.46. The number of nitrogens with one attached hydrogen (secondary N) is 1. The van der Waals surface area contributed by atoms with Gasteiger partial charge in [0.2, 0.25) is 5.56 Å². The predicted octanol–water partition coefficient (Wildman–Crippen LogP) is 0.826.